The molecule has 1 heterocycles. The van der Waals surface area contributed by atoms with Gasteiger partial charge in [0.15, 0.2) is 0 Å². The number of nitrogens with one attached hydrogen (secondary N) is 1. The van der Waals surface area contributed by atoms with Crippen molar-refractivity contribution in [2.45, 2.75) is 5.75 Å². The van der Waals surface area contributed by atoms with Crippen molar-refractivity contribution in [3.05, 3.63) is 71.0 Å². The summed E-state index contributed by atoms with van der Waals surface area (Å²) in [6.45, 7) is 0. The predicted octanol–water partition coefficient (Wildman–Crippen LogP) is 4.08. The number of sulfonamides is 1. The summed E-state index contributed by atoms with van der Waals surface area (Å²) in [6, 6.07) is 13.6. The standard InChI is InChI=1S/C16H12ClFN2O3S/c17-13-5-3-12(4-6-13)15-9-16(23-19-15)20-24(21,22)10-11-1-7-14(18)8-2-11/h1-9,20H,10H2. The van der Waals surface area contributed by atoms with Gasteiger partial charge in [-0.2, -0.15) is 0 Å². The Labute approximate surface area is 143 Å². The van der Waals surface area contributed by atoms with E-state index in [4.69, 9.17) is 16.1 Å². The van der Waals surface area contributed by atoms with Crippen LogP contribution in [0.1, 0.15) is 5.56 Å². The van der Waals surface area contributed by atoms with Crippen LogP contribution in [-0.4, -0.2) is 13.6 Å². The van der Waals surface area contributed by atoms with Crippen LogP contribution in [0.5, 0.6) is 0 Å². The lowest BCUT2D eigenvalue weighted by Crippen LogP contribution is -2.14. The molecule has 2 aromatic carbocycles. The SMILES string of the molecule is O=S(=O)(Cc1ccc(F)cc1)Nc1cc(-c2ccc(Cl)cc2)no1. The van der Waals surface area contributed by atoms with Crippen LogP contribution >= 0.6 is 11.6 Å². The van der Waals surface area contributed by atoms with Gasteiger partial charge in [0.1, 0.15) is 11.5 Å². The zero-order valence-electron chi connectivity index (χ0n) is 12.2. The van der Waals surface area contributed by atoms with Crippen molar-refractivity contribution in [1.29, 1.82) is 0 Å². The molecule has 0 radical (unpaired) electrons. The van der Waals surface area contributed by atoms with Crippen LogP contribution in [0.4, 0.5) is 10.3 Å². The Morgan fingerprint density at radius 3 is 2.42 bits per heavy atom. The first-order chi connectivity index (χ1) is 11.4. The third-order valence-electron chi connectivity index (χ3n) is 3.18. The van der Waals surface area contributed by atoms with Crippen LogP contribution in [0, 0.1) is 5.82 Å². The van der Waals surface area contributed by atoms with Gasteiger partial charge >= 0.3 is 0 Å². The van der Waals surface area contributed by atoms with E-state index in [2.05, 4.69) is 9.88 Å². The van der Waals surface area contributed by atoms with Gasteiger partial charge in [-0.15, -0.1) is 0 Å². The predicted molar refractivity (Wildman–Crippen MR) is 89.6 cm³/mol. The molecule has 0 unspecified atom stereocenters. The molecule has 3 rings (SSSR count). The van der Waals surface area contributed by atoms with Gasteiger partial charge in [-0.3, -0.25) is 4.72 Å². The molecule has 124 valence electrons. The van der Waals surface area contributed by atoms with E-state index in [9.17, 15) is 12.8 Å². The van der Waals surface area contributed by atoms with Crippen molar-refractivity contribution >= 4 is 27.5 Å². The third-order valence-corrected chi connectivity index (χ3v) is 4.65. The Hall–Kier alpha value is -2.38. The van der Waals surface area contributed by atoms with Gasteiger partial charge in [-0.05, 0) is 29.8 Å². The molecule has 0 amide bonds. The van der Waals surface area contributed by atoms with Crippen LogP contribution < -0.4 is 4.72 Å². The number of anilines is 1. The van der Waals surface area contributed by atoms with E-state index in [0.717, 1.165) is 5.56 Å². The largest absolute Gasteiger partial charge is 0.337 e. The molecule has 5 nitrogen and oxygen atoms in total. The fraction of sp³-hybridized carbons (Fsp3) is 0.0625. The molecule has 3 aromatic rings. The molecule has 1 aromatic heterocycles. The normalized spacial score (nSPS) is 11.4. The summed E-state index contributed by atoms with van der Waals surface area (Å²) in [6.07, 6.45) is 0. The van der Waals surface area contributed by atoms with Crippen molar-refractivity contribution in [1.82, 2.24) is 5.16 Å². The molecule has 0 aliphatic rings. The Morgan fingerprint density at radius 2 is 1.75 bits per heavy atom. The van der Waals surface area contributed by atoms with Gasteiger partial charge < -0.3 is 4.52 Å². The van der Waals surface area contributed by atoms with Crippen molar-refractivity contribution < 1.29 is 17.3 Å². The lowest BCUT2D eigenvalue weighted by Gasteiger charge is -2.04. The number of halogens is 2. The molecule has 0 spiro atoms. The highest BCUT2D eigenvalue weighted by atomic mass is 35.5. The first-order valence-corrected chi connectivity index (χ1v) is 8.92. The maximum atomic E-state index is 12.9. The number of aromatic nitrogens is 1. The molecular formula is C16H12ClFN2O3S. The van der Waals surface area contributed by atoms with Crippen LogP contribution in [-0.2, 0) is 15.8 Å². The van der Waals surface area contributed by atoms with Crippen molar-refractivity contribution in [2.24, 2.45) is 0 Å². The number of hydrogen-bond donors (Lipinski definition) is 1. The zero-order valence-corrected chi connectivity index (χ0v) is 13.8. The minimum absolute atomic E-state index is 0.00191. The number of hydrogen-bond acceptors (Lipinski definition) is 4. The summed E-state index contributed by atoms with van der Waals surface area (Å²) in [5.41, 5.74) is 1.68. The average molecular weight is 367 g/mol. The van der Waals surface area contributed by atoms with Gasteiger partial charge in [0.2, 0.25) is 15.9 Å². The molecule has 8 heteroatoms. The molecule has 0 aliphatic heterocycles. The molecule has 24 heavy (non-hydrogen) atoms. The Balaban J connectivity index is 1.73. The second-order valence-corrected chi connectivity index (χ2v) is 7.23. The molecule has 0 saturated heterocycles. The lowest BCUT2D eigenvalue weighted by atomic mass is 10.1. The van der Waals surface area contributed by atoms with E-state index >= 15 is 0 Å². The van der Waals surface area contributed by atoms with Crippen molar-refractivity contribution in [3.63, 3.8) is 0 Å². The van der Waals surface area contributed by atoms with Gasteiger partial charge in [0.05, 0.1) is 5.75 Å². The van der Waals surface area contributed by atoms with E-state index in [-0.39, 0.29) is 11.6 Å². The Bertz CT molecular complexity index is 938. The van der Waals surface area contributed by atoms with E-state index < -0.39 is 15.8 Å². The minimum atomic E-state index is -3.70. The van der Waals surface area contributed by atoms with Crippen molar-refractivity contribution in [3.8, 4) is 11.3 Å². The van der Waals surface area contributed by atoms with Gasteiger partial charge in [0.25, 0.3) is 0 Å². The Morgan fingerprint density at radius 1 is 1.08 bits per heavy atom. The van der Waals surface area contributed by atoms with Gasteiger partial charge in [-0.1, -0.05) is 41.0 Å². The summed E-state index contributed by atoms with van der Waals surface area (Å²) < 4.78 is 44.4. The van der Waals surface area contributed by atoms with Crippen LogP contribution in [0.3, 0.4) is 0 Å². The second-order valence-electron chi connectivity index (χ2n) is 5.07. The summed E-state index contributed by atoms with van der Waals surface area (Å²) in [5.74, 6) is -0.724. The first kappa shape index (κ1) is 16.5. The number of benzene rings is 2. The molecule has 0 bridgehead atoms. The van der Waals surface area contributed by atoms with E-state index in [1.165, 1.54) is 30.3 Å². The number of nitrogens with zero attached hydrogens (tertiary/aromatic N) is 1. The zero-order chi connectivity index (χ0) is 17.2. The maximum Gasteiger partial charge on any atom is 0.239 e. The monoisotopic (exact) mass is 366 g/mol. The summed E-state index contributed by atoms with van der Waals surface area (Å²) in [4.78, 5) is 0. The molecular weight excluding hydrogens is 355 g/mol. The summed E-state index contributed by atoms with van der Waals surface area (Å²) in [5, 5.41) is 4.41. The van der Waals surface area contributed by atoms with Crippen LogP contribution in [0.15, 0.2) is 59.1 Å². The smallest absolute Gasteiger partial charge is 0.239 e. The minimum Gasteiger partial charge on any atom is -0.337 e. The Kier molecular flexibility index (Phi) is 4.55. The number of rotatable bonds is 5. The highest BCUT2D eigenvalue weighted by Crippen LogP contribution is 2.24. The quantitative estimate of drug-likeness (QED) is 0.738. The van der Waals surface area contributed by atoms with Crippen LogP contribution in [0.25, 0.3) is 11.3 Å². The average Bonchev–Trinajstić information content (AvgIpc) is 2.98. The highest BCUT2D eigenvalue weighted by Gasteiger charge is 2.15. The third kappa shape index (κ3) is 4.12. The molecule has 0 atom stereocenters. The van der Waals surface area contributed by atoms with Crippen LogP contribution in [0.2, 0.25) is 5.02 Å². The fourth-order valence-corrected chi connectivity index (χ4v) is 3.30. The molecule has 0 saturated carbocycles. The molecule has 0 fully saturated rings. The summed E-state index contributed by atoms with van der Waals surface area (Å²) in [7, 11) is -3.70. The van der Waals surface area contributed by atoms with Gasteiger partial charge in [0, 0.05) is 16.7 Å². The van der Waals surface area contributed by atoms with Gasteiger partial charge in [-0.25, -0.2) is 12.8 Å². The van der Waals surface area contributed by atoms with E-state index in [1.807, 2.05) is 0 Å². The maximum absolute atomic E-state index is 12.9. The fourth-order valence-electron chi connectivity index (χ4n) is 2.07. The second kappa shape index (κ2) is 6.62. The highest BCUT2D eigenvalue weighted by molar-refractivity contribution is 7.91. The van der Waals surface area contributed by atoms with Crippen molar-refractivity contribution in [2.75, 3.05) is 4.72 Å². The molecule has 0 aliphatic carbocycles. The summed E-state index contributed by atoms with van der Waals surface area (Å²) >= 11 is 5.82. The van der Waals surface area contributed by atoms with E-state index in [0.29, 0.717) is 16.3 Å². The molecule has 1 N–H and O–H groups in total. The lowest BCUT2D eigenvalue weighted by molar-refractivity contribution is 0.438. The first-order valence-electron chi connectivity index (χ1n) is 6.89. The topological polar surface area (TPSA) is 72.2 Å². The van der Waals surface area contributed by atoms with E-state index in [1.54, 1.807) is 24.3 Å².